The number of carbonyl (C=O) groups is 1. The van der Waals surface area contributed by atoms with Crippen LogP contribution in [-0.4, -0.2) is 28.4 Å². The molecule has 0 saturated heterocycles. The maximum atomic E-state index is 11.8. The molecule has 120 valence electrons. The second-order valence-corrected chi connectivity index (χ2v) is 4.78. The highest BCUT2D eigenvalue weighted by atomic mass is 16.5. The predicted octanol–water partition coefficient (Wildman–Crippen LogP) is 1.10. The highest BCUT2D eigenvalue weighted by Gasteiger charge is 2.08. The van der Waals surface area contributed by atoms with E-state index in [1.807, 2.05) is 0 Å². The number of aromatic hydroxyl groups is 1. The number of nitrogens with one attached hydrogen (secondary N) is 1. The van der Waals surface area contributed by atoms with Crippen molar-refractivity contribution >= 4 is 11.6 Å². The topological polar surface area (TPSA) is 92.9 Å². The first-order valence-electron chi connectivity index (χ1n) is 6.87. The van der Waals surface area contributed by atoms with Crippen LogP contribution in [0.1, 0.15) is 12.5 Å². The standard InChI is InChI=1S/C16H17N3O4/c1-11(13-9-12(23-2)6-7-14(13)20)17-18-15(21)10-19-8-4-3-5-16(19)22/h3-9,20H,10H2,1-2H3,(H,18,21)/b17-11+. The Morgan fingerprint density at radius 2 is 2.13 bits per heavy atom. The van der Waals surface area contributed by atoms with E-state index in [4.69, 9.17) is 4.74 Å². The summed E-state index contributed by atoms with van der Waals surface area (Å²) in [7, 11) is 1.52. The lowest BCUT2D eigenvalue weighted by Crippen LogP contribution is -2.29. The second kappa shape index (κ2) is 7.26. The number of nitrogens with zero attached hydrogens (tertiary/aromatic N) is 2. The first-order valence-corrected chi connectivity index (χ1v) is 6.87. The molecule has 1 aromatic heterocycles. The van der Waals surface area contributed by atoms with Crippen molar-refractivity contribution in [3.8, 4) is 11.5 Å². The third kappa shape index (κ3) is 4.19. The van der Waals surface area contributed by atoms with E-state index in [1.54, 1.807) is 31.2 Å². The van der Waals surface area contributed by atoms with E-state index in [0.29, 0.717) is 17.0 Å². The fourth-order valence-electron chi connectivity index (χ4n) is 1.92. The second-order valence-electron chi connectivity index (χ2n) is 4.78. The Morgan fingerprint density at radius 3 is 2.83 bits per heavy atom. The zero-order valence-corrected chi connectivity index (χ0v) is 12.8. The minimum atomic E-state index is -0.444. The molecule has 7 heteroatoms. The molecule has 0 aliphatic rings. The minimum absolute atomic E-state index is 0.0283. The van der Waals surface area contributed by atoms with Gasteiger partial charge in [-0.2, -0.15) is 5.10 Å². The Kier molecular flexibility index (Phi) is 5.14. The molecule has 2 rings (SSSR count). The van der Waals surface area contributed by atoms with Gasteiger partial charge in [0.05, 0.1) is 12.8 Å². The van der Waals surface area contributed by atoms with E-state index >= 15 is 0 Å². The van der Waals surface area contributed by atoms with Crippen molar-refractivity contribution in [3.63, 3.8) is 0 Å². The lowest BCUT2D eigenvalue weighted by atomic mass is 10.1. The molecule has 1 amide bonds. The third-order valence-electron chi connectivity index (χ3n) is 3.15. The van der Waals surface area contributed by atoms with Crippen molar-refractivity contribution in [1.82, 2.24) is 9.99 Å². The molecule has 23 heavy (non-hydrogen) atoms. The molecule has 2 N–H and O–H groups in total. The van der Waals surface area contributed by atoms with Crippen LogP contribution in [0.25, 0.3) is 0 Å². The van der Waals surface area contributed by atoms with E-state index in [2.05, 4.69) is 10.5 Å². The van der Waals surface area contributed by atoms with Gasteiger partial charge in [0, 0.05) is 17.8 Å². The van der Waals surface area contributed by atoms with Gasteiger partial charge in [-0.3, -0.25) is 9.59 Å². The molecule has 1 aromatic carbocycles. The van der Waals surface area contributed by atoms with E-state index in [1.165, 1.54) is 30.0 Å². The lowest BCUT2D eigenvalue weighted by molar-refractivity contribution is -0.121. The number of rotatable bonds is 5. The van der Waals surface area contributed by atoms with Crippen molar-refractivity contribution in [2.75, 3.05) is 7.11 Å². The average Bonchev–Trinajstić information content (AvgIpc) is 2.55. The summed E-state index contributed by atoms with van der Waals surface area (Å²) in [5.41, 5.74) is 2.95. The minimum Gasteiger partial charge on any atom is -0.507 e. The normalized spacial score (nSPS) is 11.1. The van der Waals surface area contributed by atoms with Crippen LogP contribution in [0.4, 0.5) is 0 Å². The number of hydrogen-bond acceptors (Lipinski definition) is 5. The molecular weight excluding hydrogens is 298 g/mol. The van der Waals surface area contributed by atoms with Gasteiger partial charge in [-0.15, -0.1) is 0 Å². The van der Waals surface area contributed by atoms with Gasteiger partial charge in [-0.05, 0) is 31.2 Å². The molecule has 0 saturated carbocycles. The summed E-state index contributed by atoms with van der Waals surface area (Å²) in [6.07, 6.45) is 1.52. The van der Waals surface area contributed by atoms with Crippen LogP contribution in [0.5, 0.6) is 11.5 Å². The van der Waals surface area contributed by atoms with E-state index in [-0.39, 0.29) is 17.9 Å². The van der Waals surface area contributed by atoms with Gasteiger partial charge in [-0.1, -0.05) is 6.07 Å². The van der Waals surface area contributed by atoms with Crippen LogP contribution in [0.2, 0.25) is 0 Å². The number of phenols is 1. The number of amides is 1. The predicted molar refractivity (Wildman–Crippen MR) is 85.7 cm³/mol. The smallest absolute Gasteiger partial charge is 0.260 e. The zero-order valence-electron chi connectivity index (χ0n) is 12.8. The van der Waals surface area contributed by atoms with E-state index in [9.17, 15) is 14.7 Å². The molecule has 2 aromatic rings. The number of carbonyl (C=O) groups excluding carboxylic acids is 1. The Bertz CT molecular complexity index is 796. The van der Waals surface area contributed by atoms with Gasteiger partial charge in [0.15, 0.2) is 0 Å². The van der Waals surface area contributed by atoms with Gasteiger partial charge < -0.3 is 14.4 Å². The Morgan fingerprint density at radius 1 is 1.35 bits per heavy atom. The molecular formula is C16H17N3O4. The summed E-state index contributed by atoms with van der Waals surface area (Å²) in [5.74, 6) is 0.148. The van der Waals surface area contributed by atoms with Crippen LogP contribution in [0.3, 0.4) is 0 Å². The van der Waals surface area contributed by atoms with Crippen LogP contribution in [-0.2, 0) is 11.3 Å². The maximum Gasteiger partial charge on any atom is 0.260 e. The van der Waals surface area contributed by atoms with Crippen LogP contribution in [0, 0.1) is 0 Å². The molecule has 0 aliphatic heterocycles. The molecule has 0 radical (unpaired) electrons. The van der Waals surface area contributed by atoms with Crippen molar-refractivity contribution in [1.29, 1.82) is 0 Å². The number of hydrogen-bond donors (Lipinski definition) is 2. The van der Waals surface area contributed by atoms with Crippen molar-refractivity contribution < 1.29 is 14.6 Å². The molecule has 0 fully saturated rings. The number of methoxy groups -OCH3 is 1. The first-order chi connectivity index (χ1) is 11.0. The van der Waals surface area contributed by atoms with E-state index in [0.717, 1.165) is 0 Å². The van der Waals surface area contributed by atoms with Gasteiger partial charge in [0.1, 0.15) is 18.0 Å². The van der Waals surface area contributed by atoms with Crippen molar-refractivity contribution in [2.45, 2.75) is 13.5 Å². The molecule has 7 nitrogen and oxygen atoms in total. The molecule has 0 unspecified atom stereocenters. The van der Waals surface area contributed by atoms with Gasteiger partial charge >= 0.3 is 0 Å². The van der Waals surface area contributed by atoms with Crippen LogP contribution < -0.4 is 15.7 Å². The van der Waals surface area contributed by atoms with Crippen LogP contribution >= 0.6 is 0 Å². The molecule has 0 bridgehead atoms. The Hall–Kier alpha value is -3.09. The summed E-state index contributed by atoms with van der Waals surface area (Å²) in [5, 5.41) is 13.8. The molecule has 0 atom stereocenters. The van der Waals surface area contributed by atoms with Crippen molar-refractivity contribution in [2.24, 2.45) is 5.10 Å². The maximum absolute atomic E-state index is 11.8. The number of aromatic nitrogens is 1. The highest BCUT2D eigenvalue weighted by Crippen LogP contribution is 2.23. The fourth-order valence-corrected chi connectivity index (χ4v) is 1.92. The van der Waals surface area contributed by atoms with Crippen molar-refractivity contribution in [3.05, 3.63) is 58.5 Å². The Labute approximate surface area is 132 Å². The van der Waals surface area contributed by atoms with Gasteiger partial charge in [-0.25, -0.2) is 5.43 Å². The summed E-state index contributed by atoms with van der Waals surface area (Å²) < 4.78 is 6.35. The van der Waals surface area contributed by atoms with E-state index < -0.39 is 5.91 Å². The first kappa shape index (κ1) is 16.3. The summed E-state index contributed by atoms with van der Waals surface area (Å²) in [6, 6.07) is 9.35. The molecule has 0 aliphatic carbocycles. The summed E-state index contributed by atoms with van der Waals surface area (Å²) in [4.78, 5) is 23.4. The van der Waals surface area contributed by atoms with Gasteiger partial charge in [0.2, 0.25) is 0 Å². The largest absolute Gasteiger partial charge is 0.507 e. The number of phenolic OH excluding ortho intramolecular Hbond substituents is 1. The SMILES string of the molecule is COc1ccc(O)c(/C(C)=N/NC(=O)Cn2ccccc2=O)c1. The lowest BCUT2D eigenvalue weighted by Gasteiger charge is -2.08. The third-order valence-corrected chi connectivity index (χ3v) is 3.15. The molecule has 0 spiro atoms. The number of benzene rings is 1. The number of ether oxygens (including phenoxy) is 1. The summed E-state index contributed by atoms with van der Waals surface area (Å²) >= 11 is 0. The number of pyridine rings is 1. The quantitative estimate of drug-likeness (QED) is 0.638. The summed E-state index contributed by atoms with van der Waals surface area (Å²) in [6.45, 7) is 1.50. The van der Waals surface area contributed by atoms with Crippen LogP contribution in [0.15, 0.2) is 52.5 Å². The highest BCUT2D eigenvalue weighted by molar-refractivity contribution is 6.01. The monoisotopic (exact) mass is 315 g/mol. The molecule has 1 heterocycles. The zero-order chi connectivity index (χ0) is 16.8. The Balaban J connectivity index is 2.09. The average molecular weight is 315 g/mol. The number of hydrazone groups is 1. The fraction of sp³-hybridized carbons (Fsp3) is 0.188. The van der Waals surface area contributed by atoms with Gasteiger partial charge in [0.25, 0.3) is 11.5 Å².